The van der Waals surface area contributed by atoms with Crippen molar-refractivity contribution in [2.24, 2.45) is 11.7 Å². The van der Waals surface area contributed by atoms with E-state index < -0.39 is 38.1 Å². The van der Waals surface area contributed by atoms with Crippen LogP contribution < -0.4 is 11.1 Å². The summed E-state index contributed by atoms with van der Waals surface area (Å²) in [4.78, 5) is 11.0. The van der Waals surface area contributed by atoms with Crippen LogP contribution in [0.2, 0.25) is 0 Å². The van der Waals surface area contributed by atoms with Crippen molar-refractivity contribution < 1.29 is 31.1 Å². The number of hydrogen-bond acceptors (Lipinski definition) is 5. The average Bonchev–Trinajstić information content (AvgIpc) is 2.84. The second-order valence-corrected chi connectivity index (χ2v) is 6.72. The summed E-state index contributed by atoms with van der Waals surface area (Å²) in [5.74, 6) is -1.17. The lowest BCUT2D eigenvalue weighted by Gasteiger charge is -2.14. The van der Waals surface area contributed by atoms with Crippen molar-refractivity contribution in [2.75, 3.05) is 18.5 Å². The summed E-state index contributed by atoms with van der Waals surface area (Å²) in [6.07, 6.45) is 0. The van der Waals surface area contributed by atoms with Gasteiger partial charge in [0.2, 0.25) is 5.91 Å². The number of hydrogen-bond donors (Lipinski definition) is 2. The number of nitrogens with one attached hydrogen (secondary N) is 1. The summed E-state index contributed by atoms with van der Waals surface area (Å²) in [6, 6.07) is 3.45. The Morgan fingerprint density at radius 3 is 2.55 bits per heavy atom. The third-order valence-electron chi connectivity index (χ3n) is 3.18. The summed E-state index contributed by atoms with van der Waals surface area (Å²) >= 11 is 0. The zero-order valence-electron chi connectivity index (χ0n) is 11.1. The number of anilines is 1. The summed E-state index contributed by atoms with van der Waals surface area (Å²) in [6.45, 7) is 0.314. The molecule has 0 radical (unpaired) electrons. The molecule has 1 heterocycles. The van der Waals surface area contributed by atoms with Gasteiger partial charge in [-0.3, -0.25) is 4.79 Å². The maximum absolute atomic E-state index is 12.5. The molecule has 22 heavy (non-hydrogen) atoms. The molecule has 1 aliphatic heterocycles. The van der Waals surface area contributed by atoms with Crippen LogP contribution in [-0.4, -0.2) is 39.1 Å². The van der Waals surface area contributed by atoms with Gasteiger partial charge in [-0.25, -0.2) is 8.42 Å². The minimum Gasteiger partial charge on any atom is -0.379 e. The second kappa shape index (κ2) is 5.86. The SMILES string of the molecule is N[C@@H]1COC[C@@H]1C(=O)Nc1cccc(S(=O)(=O)C(F)(F)F)c1. The number of alkyl halides is 3. The Kier molecular flexibility index (Phi) is 4.45. The average molecular weight is 338 g/mol. The van der Waals surface area contributed by atoms with E-state index in [0.717, 1.165) is 18.2 Å². The van der Waals surface area contributed by atoms with Crippen LogP contribution in [0.5, 0.6) is 0 Å². The zero-order chi connectivity index (χ0) is 16.5. The zero-order valence-corrected chi connectivity index (χ0v) is 11.9. The molecule has 2 rings (SSSR count). The standard InChI is InChI=1S/C12H13F3N2O4S/c13-12(14,15)22(19,20)8-3-1-2-7(4-8)17-11(18)9-5-21-6-10(9)16/h1-4,9-10H,5-6,16H2,(H,17,18)/t9-,10+/m0/s1. The second-order valence-electron chi connectivity index (χ2n) is 4.77. The van der Waals surface area contributed by atoms with Crippen LogP contribution in [0.25, 0.3) is 0 Å². The van der Waals surface area contributed by atoms with Crippen LogP contribution in [-0.2, 0) is 19.4 Å². The number of amides is 1. The van der Waals surface area contributed by atoms with E-state index in [1.807, 2.05) is 0 Å². The van der Waals surface area contributed by atoms with Gasteiger partial charge < -0.3 is 15.8 Å². The highest BCUT2D eigenvalue weighted by atomic mass is 32.2. The minimum atomic E-state index is -5.47. The van der Waals surface area contributed by atoms with Gasteiger partial charge in [-0.15, -0.1) is 0 Å². The van der Waals surface area contributed by atoms with Crippen LogP contribution in [0.3, 0.4) is 0 Å². The fourth-order valence-corrected chi connectivity index (χ4v) is 2.76. The Morgan fingerprint density at radius 1 is 1.32 bits per heavy atom. The van der Waals surface area contributed by atoms with Gasteiger partial charge in [0.25, 0.3) is 9.84 Å². The van der Waals surface area contributed by atoms with Crippen molar-refractivity contribution in [3.63, 3.8) is 0 Å². The smallest absolute Gasteiger partial charge is 0.379 e. The number of carbonyl (C=O) groups excluding carboxylic acids is 1. The molecule has 0 saturated carbocycles. The maximum atomic E-state index is 12.5. The lowest BCUT2D eigenvalue weighted by atomic mass is 10.0. The Morgan fingerprint density at radius 2 is 2.00 bits per heavy atom. The van der Waals surface area contributed by atoms with Gasteiger partial charge in [-0.05, 0) is 18.2 Å². The van der Waals surface area contributed by atoms with E-state index >= 15 is 0 Å². The summed E-state index contributed by atoms with van der Waals surface area (Å²) in [5.41, 5.74) is 0.193. The van der Waals surface area contributed by atoms with Gasteiger partial charge in [-0.2, -0.15) is 13.2 Å². The monoisotopic (exact) mass is 338 g/mol. The highest BCUT2D eigenvalue weighted by molar-refractivity contribution is 7.92. The number of rotatable bonds is 3. The first-order valence-corrected chi connectivity index (χ1v) is 7.67. The van der Waals surface area contributed by atoms with E-state index in [1.54, 1.807) is 0 Å². The van der Waals surface area contributed by atoms with Crippen molar-refractivity contribution in [1.82, 2.24) is 0 Å². The number of carbonyl (C=O) groups is 1. The van der Waals surface area contributed by atoms with Crippen molar-refractivity contribution in [1.29, 1.82) is 0 Å². The third-order valence-corrected chi connectivity index (χ3v) is 4.66. The lowest BCUT2D eigenvalue weighted by Crippen LogP contribution is -2.37. The molecule has 1 aliphatic rings. The molecule has 2 atom stereocenters. The molecular weight excluding hydrogens is 325 g/mol. The fraction of sp³-hybridized carbons (Fsp3) is 0.417. The molecule has 1 fully saturated rings. The van der Waals surface area contributed by atoms with E-state index in [9.17, 15) is 26.4 Å². The van der Waals surface area contributed by atoms with Crippen LogP contribution in [0, 0.1) is 5.92 Å². The topological polar surface area (TPSA) is 98.5 Å². The van der Waals surface area contributed by atoms with E-state index in [4.69, 9.17) is 10.5 Å². The van der Waals surface area contributed by atoms with Crippen LogP contribution in [0.1, 0.15) is 0 Å². The highest BCUT2D eigenvalue weighted by Crippen LogP contribution is 2.31. The normalized spacial score (nSPS) is 22.5. The Labute approximate surface area is 124 Å². The van der Waals surface area contributed by atoms with Gasteiger partial charge >= 0.3 is 5.51 Å². The summed E-state index contributed by atoms with van der Waals surface area (Å²) in [7, 11) is -5.47. The van der Waals surface area contributed by atoms with Gasteiger partial charge in [0.05, 0.1) is 24.0 Å². The largest absolute Gasteiger partial charge is 0.501 e. The van der Waals surface area contributed by atoms with Crippen LogP contribution in [0.15, 0.2) is 29.2 Å². The molecule has 0 aliphatic carbocycles. The van der Waals surface area contributed by atoms with E-state index in [1.165, 1.54) is 6.07 Å². The molecule has 0 spiro atoms. The molecule has 1 amide bonds. The molecule has 0 bridgehead atoms. The number of sulfone groups is 1. The van der Waals surface area contributed by atoms with Gasteiger partial charge in [0, 0.05) is 11.7 Å². The molecule has 1 saturated heterocycles. The predicted molar refractivity (Wildman–Crippen MR) is 70.6 cm³/mol. The van der Waals surface area contributed by atoms with E-state index in [-0.39, 0.29) is 18.9 Å². The molecule has 10 heteroatoms. The molecule has 0 aromatic heterocycles. The Bertz CT molecular complexity index is 675. The van der Waals surface area contributed by atoms with E-state index in [0.29, 0.717) is 0 Å². The number of halogens is 3. The molecule has 3 N–H and O–H groups in total. The van der Waals surface area contributed by atoms with Gasteiger partial charge in [0.1, 0.15) is 0 Å². The van der Waals surface area contributed by atoms with Crippen LogP contribution >= 0.6 is 0 Å². The summed E-state index contributed by atoms with van der Waals surface area (Å²) < 4.78 is 65.2. The van der Waals surface area contributed by atoms with Crippen molar-refractivity contribution in [3.8, 4) is 0 Å². The minimum absolute atomic E-state index is 0.0607. The first-order chi connectivity index (χ1) is 10.1. The Hall–Kier alpha value is -1.65. The number of nitrogens with two attached hydrogens (primary N) is 1. The van der Waals surface area contributed by atoms with Gasteiger partial charge in [-0.1, -0.05) is 6.07 Å². The van der Waals surface area contributed by atoms with Crippen molar-refractivity contribution in [3.05, 3.63) is 24.3 Å². The molecule has 1 aromatic rings. The molecule has 122 valence electrons. The highest BCUT2D eigenvalue weighted by Gasteiger charge is 2.47. The fourth-order valence-electron chi connectivity index (χ4n) is 1.95. The summed E-state index contributed by atoms with van der Waals surface area (Å²) in [5, 5.41) is 2.35. The Balaban J connectivity index is 2.21. The molecule has 6 nitrogen and oxygen atoms in total. The van der Waals surface area contributed by atoms with Crippen molar-refractivity contribution in [2.45, 2.75) is 16.4 Å². The molecule has 0 unspecified atom stereocenters. The van der Waals surface area contributed by atoms with E-state index in [2.05, 4.69) is 5.32 Å². The van der Waals surface area contributed by atoms with Crippen molar-refractivity contribution >= 4 is 21.4 Å². The lowest BCUT2D eigenvalue weighted by molar-refractivity contribution is -0.120. The number of benzene rings is 1. The quantitative estimate of drug-likeness (QED) is 0.853. The first-order valence-electron chi connectivity index (χ1n) is 6.18. The number of ether oxygens (including phenoxy) is 1. The molecule has 1 aromatic carbocycles. The molecular formula is C12H13F3N2O4S. The maximum Gasteiger partial charge on any atom is 0.501 e. The van der Waals surface area contributed by atoms with Crippen LogP contribution in [0.4, 0.5) is 18.9 Å². The van der Waals surface area contributed by atoms with Gasteiger partial charge in [0.15, 0.2) is 0 Å². The predicted octanol–water partition coefficient (Wildman–Crippen LogP) is 0.892. The first kappa shape index (κ1) is 16.7. The third kappa shape index (κ3) is 3.23.